The maximum absolute atomic E-state index is 11.6. The number of phenols is 1. The zero-order valence-electron chi connectivity index (χ0n) is 30.8. The number of carboxylic acid groups (broad SMARTS) is 1. The smallest absolute Gasteiger partial charge is 0.335 e. The average Bonchev–Trinajstić information content (AvgIpc) is 3.08. The van der Waals surface area contributed by atoms with Gasteiger partial charge in [0.2, 0.25) is 0 Å². The Morgan fingerprint density at radius 2 is 1.20 bits per heavy atom. The van der Waals surface area contributed by atoms with Crippen LogP contribution in [0, 0.1) is 13.8 Å². The fourth-order valence-corrected chi connectivity index (χ4v) is 6.83. The van der Waals surface area contributed by atoms with Crippen molar-refractivity contribution in [3.8, 4) is 11.5 Å². The number of anilines is 2. The van der Waals surface area contributed by atoms with E-state index >= 15 is 0 Å². The summed E-state index contributed by atoms with van der Waals surface area (Å²) >= 11 is 0. The predicted molar refractivity (Wildman–Crippen MR) is 199 cm³/mol. The molecule has 2 atom stereocenters. The molecule has 4 N–H and O–H groups in total. The SMILES string of the molecule is Cc1cccc(C(C)C)c1NC(C)c1cccc(C(C)Nc2c(C)cccc2C(C)C)n1.O=C(O)c1c(C2CCCCC2)ccc(O)c1[O-].[Co]. The molecule has 7 nitrogen and oxygen atoms in total. The van der Waals surface area contributed by atoms with Crippen LogP contribution in [0.1, 0.15) is 153 Å². The molecule has 1 aliphatic rings. The second-order valence-corrected chi connectivity index (χ2v) is 14.1. The fraction of sp³-hybridized carbons (Fsp3) is 0.429. The first-order valence-corrected chi connectivity index (χ1v) is 17.7. The van der Waals surface area contributed by atoms with Crippen LogP contribution in [0.3, 0.4) is 0 Å². The van der Waals surface area contributed by atoms with Crippen molar-refractivity contribution in [1.82, 2.24) is 4.98 Å². The number of aromatic carboxylic acids is 1. The number of hydrogen-bond donors (Lipinski definition) is 4. The molecular weight excluding hydrogens is 669 g/mol. The Balaban J connectivity index is 0.000000316. The molecule has 5 rings (SSSR count). The van der Waals surface area contributed by atoms with Crippen LogP contribution >= 0.6 is 0 Å². The van der Waals surface area contributed by atoms with Gasteiger partial charge in [-0.2, -0.15) is 0 Å². The average molecular weight is 724 g/mol. The van der Waals surface area contributed by atoms with Gasteiger partial charge in [0, 0.05) is 28.2 Å². The Labute approximate surface area is 309 Å². The summed E-state index contributed by atoms with van der Waals surface area (Å²) < 4.78 is 0. The van der Waals surface area contributed by atoms with Gasteiger partial charge in [-0.3, -0.25) is 4.98 Å². The van der Waals surface area contributed by atoms with Gasteiger partial charge in [-0.15, -0.1) is 0 Å². The largest absolute Gasteiger partial charge is 0.869 e. The van der Waals surface area contributed by atoms with Crippen molar-refractivity contribution >= 4 is 17.3 Å². The number of nitrogens with one attached hydrogen (secondary N) is 2. The molecule has 1 fully saturated rings. The number of aromatic nitrogens is 1. The van der Waals surface area contributed by atoms with E-state index in [1.165, 1.54) is 46.1 Å². The van der Waals surface area contributed by atoms with Crippen LogP contribution in [0.25, 0.3) is 0 Å². The molecule has 3 aromatic carbocycles. The number of phenolic OH excluding ortho intramolecular Hbond substituents is 1. The molecule has 50 heavy (non-hydrogen) atoms. The van der Waals surface area contributed by atoms with Gasteiger partial charge in [0.15, 0.2) is 0 Å². The number of rotatable bonds is 10. The summed E-state index contributed by atoms with van der Waals surface area (Å²) in [6.07, 6.45) is 5.15. The number of aryl methyl sites for hydroxylation is 2. The van der Waals surface area contributed by atoms with Gasteiger partial charge in [-0.05, 0) is 104 Å². The third-order valence-corrected chi connectivity index (χ3v) is 9.68. The molecule has 0 saturated heterocycles. The first-order valence-electron chi connectivity index (χ1n) is 17.7. The minimum absolute atomic E-state index is 0. The van der Waals surface area contributed by atoms with E-state index in [0.29, 0.717) is 17.4 Å². The number of aromatic hydroxyl groups is 1. The van der Waals surface area contributed by atoms with Gasteiger partial charge < -0.3 is 26.0 Å². The summed E-state index contributed by atoms with van der Waals surface area (Å²) in [4.78, 5) is 16.2. The zero-order valence-corrected chi connectivity index (χ0v) is 31.8. The number of benzene rings is 3. The van der Waals surface area contributed by atoms with Gasteiger partial charge >= 0.3 is 5.97 Å². The maximum Gasteiger partial charge on any atom is 0.335 e. The van der Waals surface area contributed by atoms with Crippen molar-refractivity contribution in [1.29, 1.82) is 0 Å². The van der Waals surface area contributed by atoms with E-state index in [-0.39, 0.29) is 40.3 Å². The van der Waals surface area contributed by atoms with Gasteiger partial charge in [0.25, 0.3) is 0 Å². The Morgan fingerprint density at radius 1 is 0.740 bits per heavy atom. The van der Waals surface area contributed by atoms with Crippen LogP contribution in [0.15, 0.2) is 66.7 Å². The van der Waals surface area contributed by atoms with Crippen molar-refractivity contribution < 1.29 is 36.9 Å². The minimum atomic E-state index is -1.24. The van der Waals surface area contributed by atoms with Gasteiger partial charge in [-0.25, -0.2) is 4.79 Å². The first kappa shape index (κ1) is 40.4. The maximum atomic E-state index is 11.6. The summed E-state index contributed by atoms with van der Waals surface area (Å²) in [5.74, 6) is -1.41. The molecule has 1 aliphatic carbocycles. The van der Waals surface area contributed by atoms with Crippen molar-refractivity contribution in [2.75, 3.05) is 10.6 Å². The van der Waals surface area contributed by atoms with Crippen LogP contribution in [0.5, 0.6) is 11.5 Å². The molecular formula is C42H54CoN3O4-. The number of nitrogens with zero attached hydrogens (tertiary/aromatic N) is 1. The molecule has 0 spiro atoms. The molecule has 0 amide bonds. The van der Waals surface area contributed by atoms with Crippen molar-refractivity contribution in [3.05, 3.63) is 111 Å². The molecule has 1 heterocycles. The third kappa shape index (κ3) is 9.82. The molecule has 1 saturated carbocycles. The van der Waals surface area contributed by atoms with Gasteiger partial charge in [-0.1, -0.05) is 101 Å². The number of carboxylic acids is 1. The molecule has 0 aliphatic heterocycles. The van der Waals surface area contributed by atoms with Gasteiger partial charge in [0.1, 0.15) is 5.75 Å². The Hall–Kier alpha value is -4.01. The quantitative estimate of drug-likeness (QED) is 0.129. The number of para-hydroxylation sites is 2. The molecule has 4 aromatic rings. The Kier molecular flexibility index (Phi) is 14.8. The minimum Gasteiger partial charge on any atom is -0.869 e. The normalized spacial score (nSPS) is 14.3. The van der Waals surface area contributed by atoms with Crippen LogP contribution in [-0.2, 0) is 16.8 Å². The first-order chi connectivity index (χ1) is 23.3. The van der Waals surface area contributed by atoms with Crippen molar-refractivity contribution in [2.24, 2.45) is 0 Å². The third-order valence-electron chi connectivity index (χ3n) is 9.68. The summed E-state index contributed by atoms with van der Waals surface area (Å²) in [6.45, 7) is 17.7. The van der Waals surface area contributed by atoms with Crippen LogP contribution in [0.4, 0.5) is 11.4 Å². The van der Waals surface area contributed by atoms with E-state index in [2.05, 4.69) is 121 Å². The van der Waals surface area contributed by atoms with E-state index in [1.54, 1.807) is 6.07 Å². The van der Waals surface area contributed by atoms with Crippen molar-refractivity contribution in [2.45, 2.75) is 117 Å². The summed E-state index contributed by atoms with van der Waals surface area (Å²) in [7, 11) is 0. The predicted octanol–water partition coefficient (Wildman–Crippen LogP) is 10.5. The van der Waals surface area contributed by atoms with Crippen LogP contribution in [-0.4, -0.2) is 21.2 Å². The molecule has 1 radical (unpaired) electrons. The summed E-state index contributed by atoms with van der Waals surface area (Å²) in [5, 5.41) is 37.5. The zero-order chi connectivity index (χ0) is 35.8. The van der Waals surface area contributed by atoms with Crippen molar-refractivity contribution in [3.63, 3.8) is 0 Å². The topological polar surface area (TPSA) is 118 Å². The van der Waals surface area contributed by atoms with E-state index in [1.807, 2.05) is 0 Å². The summed E-state index contributed by atoms with van der Waals surface area (Å²) in [6, 6.07) is 22.5. The summed E-state index contributed by atoms with van der Waals surface area (Å²) in [5.41, 5.74) is 10.2. The number of carbonyl (C=O) groups is 1. The monoisotopic (exact) mass is 723 g/mol. The van der Waals surface area contributed by atoms with Crippen LogP contribution < -0.4 is 15.7 Å². The second-order valence-electron chi connectivity index (χ2n) is 14.1. The Morgan fingerprint density at radius 3 is 1.64 bits per heavy atom. The second kappa shape index (κ2) is 18.3. The molecule has 271 valence electrons. The molecule has 1 aromatic heterocycles. The van der Waals surface area contributed by atoms with E-state index in [4.69, 9.17) is 10.1 Å². The molecule has 0 bridgehead atoms. The van der Waals surface area contributed by atoms with Crippen LogP contribution in [0.2, 0.25) is 0 Å². The Bertz CT molecular complexity index is 1650. The van der Waals surface area contributed by atoms with Gasteiger partial charge in [0.05, 0.1) is 29.0 Å². The number of hydrogen-bond acceptors (Lipinski definition) is 6. The van der Waals surface area contributed by atoms with E-state index in [9.17, 15) is 15.0 Å². The number of pyridine rings is 1. The fourth-order valence-electron chi connectivity index (χ4n) is 6.83. The van der Waals surface area contributed by atoms with E-state index < -0.39 is 17.5 Å². The molecule has 8 heteroatoms. The standard InChI is InChI=1S/C29H39N3.C13H16O4.Co/c1-18(2)24-14-9-12-20(5)28(24)30-22(7)26-16-11-17-27(32-26)23(8)31-29-21(6)13-10-15-25(29)19(3)4;14-10-7-6-9(8-4-2-1-3-5-8)11(12(10)15)13(16)17;/h9-19,22-23,30-31H,1-8H3;6-8,14-15H,1-5H2,(H,16,17);/p-1. The molecule has 2 unspecified atom stereocenters. The van der Waals surface area contributed by atoms with E-state index in [0.717, 1.165) is 37.1 Å².